The van der Waals surface area contributed by atoms with Crippen molar-refractivity contribution in [3.63, 3.8) is 0 Å². The van der Waals surface area contributed by atoms with Crippen molar-refractivity contribution in [3.05, 3.63) is 17.5 Å². The Morgan fingerprint density at radius 2 is 2.11 bits per heavy atom. The van der Waals surface area contributed by atoms with E-state index in [1.54, 1.807) is 0 Å². The highest BCUT2D eigenvalue weighted by atomic mass is 16.5. The van der Waals surface area contributed by atoms with Crippen molar-refractivity contribution in [2.45, 2.75) is 58.2 Å². The minimum atomic E-state index is 0.453. The highest BCUT2D eigenvalue weighted by molar-refractivity contribution is 5.04. The predicted molar refractivity (Wildman–Crippen MR) is 71.9 cm³/mol. The lowest BCUT2D eigenvalue weighted by molar-refractivity contribution is 0.145. The van der Waals surface area contributed by atoms with Gasteiger partial charge in [-0.3, -0.25) is 4.90 Å². The van der Waals surface area contributed by atoms with Crippen LogP contribution in [0.2, 0.25) is 0 Å². The molecule has 18 heavy (non-hydrogen) atoms. The van der Waals surface area contributed by atoms with Crippen LogP contribution in [0.25, 0.3) is 0 Å². The third kappa shape index (κ3) is 3.33. The SMILES string of the molecule is CCC1CCC(N(C)Cc2cc(CN)no2)CC1. The largest absolute Gasteiger partial charge is 0.360 e. The first-order chi connectivity index (χ1) is 8.72. The molecule has 1 fully saturated rings. The van der Waals surface area contributed by atoms with Crippen molar-refractivity contribution >= 4 is 0 Å². The summed E-state index contributed by atoms with van der Waals surface area (Å²) in [6.07, 6.45) is 6.70. The Morgan fingerprint density at radius 1 is 1.39 bits per heavy atom. The minimum Gasteiger partial charge on any atom is -0.360 e. The van der Waals surface area contributed by atoms with Crippen molar-refractivity contribution in [1.29, 1.82) is 0 Å². The molecule has 0 spiro atoms. The van der Waals surface area contributed by atoms with Crippen LogP contribution in [0.5, 0.6) is 0 Å². The second kappa shape index (κ2) is 6.34. The first-order valence-electron chi connectivity index (χ1n) is 7.07. The molecule has 0 saturated heterocycles. The second-order valence-electron chi connectivity index (χ2n) is 5.49. The number of aromatic nitrogens is 1. The Morgan fingerprint density at radius 3 is 2.67 bits per heavy atom. The van der Waals surface area contributed by atoms with Crippen molar-refractivity contribution in [2.75, 3.05) is 7.05 Å². The van der Waals surface area contributed by atoms with Crippen LogP contribution >= 0.6 is 0 Å². The summed E-state index contributed by atoms with van der Waals surface area (Å²) in [4.78, 5) is 2.40. The maximum Gasteiger partial charge on any atom is 0.151 e. The van der Waals surface area contributed by atoms with Gasteiger partial charge in [0, 0.05) is 18.7 Å². The maximum absolute atomic E-state index is 5.53. The lowest BCUT2D eigenvalue weighted by Crippen LogP contribution is -2.34. The second-order valence-corrected chi connectivity index (χ2v) is 5.49. The molecule has 4 heteroatoms. The molecule has 1 aliphatic rings. The van der Waals surface area contributed by atoms with Crippen molar-refractivity contribution < 1.29 is 4.52 Å². The molecule has 102 valence electrons. The average Bonchev–Trinajstić information content (AvgIpc) is 2.86. The molecule has 1 aliphatic carbocycles. The first kappa shape index (κ1) is 13.6. The highest BCUT2D eigenvalue weighted by Gasteiger charge is 2.23. The van der Waals surface area contributed by atoms with Gasteiger partial charge in [-0.15, -0.1) is 0 Å². The standard InChI is InChI=1S/C14H25N3O/c1-3-11-4-6-13(7-5-11)17(2)10-14-8-12(9-15)16-18-14/h8,11,13H,3-7,9-10,15H2,1-2H3. The summed E-state index contributed by atoms with van der Waals surface area (Å²) in [7, 11) is 2.18. The van der Waals surface area contributed by atoms with E-state index in [4.69, 9.17) is 10.3 Å². The predicted octanol–water partition coefficient (Wildman–Crippen LogP) is 2.53. The van der Waals surface area contributed by atoms with Gasteiger partial charge in [-0.05, 0) is 38.6 Å². The van der Waals surface area contributed by atoms with E-state index in [0.717, 1.165) is 23.9 Å². The summed E-state index contributed by atoms with van der Waals surface area (Å²) in [5.74, 6) is 1.87. The Hall–Kier alpha value is -0.870. The molecule has 1 heterocycles. The summed E-state index contributed by atoms with van der Waals surface area (Å²) in [6.45, 7) is 3.60. The fourth-order valence-corrected chi connectivity index (χ4v) is 2.90. The number of nitrogens with two attached hydrogens (primary N) is 1. The van der Waals surface area contributed by atoms with Gasteiger partial charge in [-0.1, -0.05) is 18.5 Å². The topological polar surface area (TPSA) is 55.3 Å². The summed E-state index contributed by atoms with van der Waals surface area (Å²) >= 11 is 0. The number of hydrogen-bond acceptors (Lipinski definition) is 4. The van der Waals surface area contributed by atoms with Gasteiger partial charge in [-0.2, -0.15) is 0 Å². The van der Waals surface area contributed by atoms with E-state index < -0.39 is 0 Å². The fraction of sp³-hybridized carbons (Fsp3) is 0.786. The summed E-state index contributed by atoms with van der Waals surface area (Å²) in [5.41, 5.74) is 6.37. The zero-order chi connectivity index (χ0) is 13.0. The molecule has 0 unspecified atom stereocenters. The van der Waals surface area contributed by atoms with Crippen LogP contribution in [0.1, 0.15) is 50.5 Å². The maximum atomic E-state index is 5.53. The first-order valence-corrected chi connectivity index (χ1v) is 7.07. The normalized spacial score (nSPS) is 24.7. The Balaban J connectivity index is 1.82. The number of nitrogens with zero attached hydrogens (tertiary/aromatic N) is 2. The van der Waals surface area contributed by atoms with Crippen LogP contribution in [0.15, 0.2) is 10.6 Å². The molecular formula is C14H25N3O. The van der Waals surface area contributed by atoms with Crippen LogP contribution in [0.3, 0.4) is 0 Å². The van der Waals surface area contributed by atoms with E-state index in [2.05, 4.69) is 24.0 Å². The van der Waals surface area contributed by atoms with Crippen LogP contribution < -0.4 is 5.73 Å². The molecule has 0 bridgehead atoms. The monoisotopic (exact) mass is 251 g/mol. The van der Waals surface area contributed by atoms with Crippen LogP contribution in [-0.4, -0.2) is 23.1 Å². The molecule has 2 rings (SSSR count). The van der Waals surface area contributed by atoms with E-state index >= 15 is 0 Å². The van der Waals surface area contributed by atoms with Crippen LogP contribution in [-0.2, 0) is 13.1 Å². The van der Waals surface area contributed by atoms with Crippen molar-refractivity contribution in [2.24, 2.45) is 11.7 Å². The van der Waals surface area contributed by atoms with Crippen molar-refractivity contribution in [1.82, 2.24) is 10.1 Å². The van der Waals surface area contributed by atoms with Gasteiger partial charge in [-0.25, -0.2) is 0 Å². The van der Waals surface area contributed by atoms with E-state index in [1.807, 2.05) is 6.07 Å². The van der Waals surface area contributed by atoms with Gasteiger partial charge < -0.3 is 10.3 Å². The van der Waals surface area contributed by atoms with Crippen LogP contribution in [0.4, 0.5) is 0 Å². The van der Waals surface area contributed by atoms with E-state index in [1.165, 1.54) is 32.1 Å². The van der Waals surface area contributed by atoms with Gasteiger partial charge in [0.15, 0.2) is 5.76 Å². The molecular weight excluding hydrogens is 226 g/mol. The molecule has 2 N–H and O–H groups in total. The average molecular weight is 251 g/mol. The van der Waals surface area contributed by atoms with Gasteiger partial charge in [0.1, 0.15) is 0 Å². The Kier molecular flexibility index (Phi) is 4.78. The zero-order valence-corrected chi connectivity index (χ0v) is 11.6. The third-order valence-electron chi connectivity index (χ3n) is 4.24. The fourth-order valence-electron chi connectivity index (χ4n) is 2.90. The van der Waals surface area contributed by atoms with Gasteiger partial charge >= 0.3 is 0 Å². The Labute approximate surface area is 110 Å². The number of hydrogen-bond donors (Lipinski definition) is 1. The molecule has 1 aromatic rings. The zero-order valence-electron chi connectivity index (χ0n) is 11.6. The van der Waals surface area contributed by atoms with Gasteiger partial charge in [0.2, 0.25) is 0 Å². The lowest BCUT2D eigenvalue weighted by Gasteiger charge is -2.33. The molecule has 0 atom stereocenters. The molecule has 4 nitrogen and oxygen atoms in total. The summed E-state index contributed by atoms with van der Waals surface area (Å²) < 4.78 is 5.29. The molecule has 0 radical (unpaired) electrons. The highest BCUT2D eigenvalue weighted by Crippen LogP contribution is 2.29. The summed E-state index contributed by atoms with van der Waals surface area (Å²) in [6, 6.07) is 2.66. The molecule has 0 amide bonds. The summed E-state index contributed by atoms with van der Waals surface area (Å²) in [5, 5.41) is 3.93. The Bertz CT molecular complexity index is 356. The lowest BCUT2D eigenvalue weighted by atomic mass is 9.84. The van der Waals surface area contributed by atoms with E-state index in [-0.39, 0.29) is 0 Å². The number of rotatable bonds is 5. The quantitative estimate of drug-likeness (QED) is 0.873. The third-order valence-corrected chi connectivity index (χ3v) is 4.24. The molecule has 0 aromatic carbocycles. The minimum absolute atomic E-state index is 0.453. The molecule has 1 aromatic heterocycles. The van der Waals surface area contributed by atoms with Gasteiger partial charge in [0.05, 0.1) is 12.2 Å². The molecule has 0 aliphatic heterocycles. The van der Waals surface area contributed by atoms with Crippen molar-refractivity contribution in [3.8, 4) is 0 Å². The van der Waals surface area contributed by atoms with Gasteiger partial charge in [0.25, 0.3) is 0 Å². The van der Waals surface area contributed by atoms with E-state index in [9.17, 15) is 0 Å². The smallest absolute Gasteiger partial charge is 0.151 e. The van der Waals surface area contributed by atoms with E-state index in [0.29, 0.717) is 12.6 Å². The molecule has 1 saturated carbocycles. The van der Waals surface area contributed by atoms with Crippen LogP contribution in [0, 0.1) is 5.92 Å².